The number of alkyl carbamates (subject to hydrolysis) is 1. The van der Waals surface area contributed by atoms with Crippen molar-refractivity contribution in [2.24, 2.45) is 0 Å². The number of carbonyl (C=O) groups excluding carboxylic acids is 1. The van der Waals surface area contributed by atoms with Crippen molar-refractivity contribution < 1.29 is 9.53 Å². The highest BCUT2D eigenvalue weighted by Crippen LogP contribution is 2.36. The lowest BCUT2D eigenvalue weighted by atomic mass is 10.2. The molecule has 4 nitrogen and oxygen atoms in total. The number of aromatic amines is 1. The van der Waals surface area contributed by atoms with E-state index in [1.54, 1.807) is 6.07 Å². The van der Waals surface area contributed by atoms with Gasteiger partial charge in [0.05, 0.1) is 22.1 Å². The predicted molar refractivity (Wildman–Crippen MR) is 89.1 cm³/mol. The first-order valence-electron chi connectivity index (χ1n) is 6.29. The number of benzene rings is 1. The second-order valence-electron chi connectivity index (χ2n) is 5.59. The van der Waals surface area contributed by atoms with Gasteiger partial charge >= 0.3 is 6.09 Å². The molecule has 0 radical (unpaired) electrons. The van der Waals surface area contributed by atoms with Crippen molar-refractivity contribution in [2.45, 2.75) is 32.9 Å². The Kier molecular flexibility index (Phi) is 4.76. The van der Waals surface area contributed by atoms with Gasteiger partial charge in [0.25, 0.3) is 0 Å². The number of aromatic nitrogens is 1. The molecule has 7 heteroatoms. The zero-order valence-corrected chi connectivity index (χ0v) is 14.9. The van der Waals surface area contributed by atoms with Crippen molar-refractivity contribution in [1.82, 2.24) is 10.3 Å². The summed E-state index contributed by atoms with van der Waals surface area (Å²) in [6.45, 7) is 5.75. The zero-order chi connectivity index (χ0) is 15.8. The van der Waals surface area contributed by atoms with E-state index in [0.717, 1.165) is 21.1 Å². The second kappa shape index (κ2) is 6.07. The molecule has 0 unspecified atom stereocenters. The lowest BCUT2D eigenvalue weighted by molar-refractivity contribution is 0.0523. The van der Waals surface area contributed by atoms with Crippen molar-refractivity contribution in [3.63, 3.8) is 0 Å². The molecule has 0 bridgehead atoms. The quantitative estimate of drug-likeness (QED) is 0.683. The lowest BCUT2D eigenvalue weighted by Crippen LogP contribution is -2.32. The first-order valence-corrected chi connectivity index (χ1v) is 7.84. The Labute approximate surface area is 141 Å². The number of fused-ring (bicyclic) bond motifs is 1. The molecule has 2 aromatic rings. The van der Waals surface area contributed by atoms with Gasteiger partial charge in [-0.25, -0.2) is 4.79 Å². The maximum atomic E-state index is 11.6. The van der Waals surface area contributed by atoms with Crippen LogP contribution in [-0.2, 0) is 11.3 Å². The molecule has 0 saturated heterocycles. The number of nitrogens with one attached hydrogen (secondary N) is 2. The van der Waals surface area contributed by atoms with Crippen molar-refractivity contribution >= 4 is 56.1 Å². The van der Waals surface area contributed by atoms with Crippen LogP contribution in [0.4, 0.5) is 4.79 Å². The van der Waals surface area contributed by atoms with Crippen LogP contribution in [0.3, 0.4) is 0 Å². The molecule has 2 rings (SSSR count). The van der Waals surface area contributed by atoms with Crippen LogP contribution in [0.5, 0.6) is 0 Å². The van der Waals surface area contributed by atoms with Crippen LogP contribution < -0.4 is 5.32 Å². The van der Waals surface area contributed by atoms with Gasteiger partial charge in [-0.05, 0) is 32.9 Å². The van der Waals surface area contributed by atoms with Gasteiger partial charge in [0.2, 0.25) is 0 Å². The average molecular weight is 394 g/mol. The normalized spacial score (nSPS) is 11.7. The van der Waals surface area contributed by atoms with Gasteiger partial charge in [-0.15, -0.1) is 0 Å². The number of rotatable bonds is 2. The third kappa shape index (κ3) is 4.05. The Balaban J connectivity index is 2.16. The molecule has 1 aromatic carbocycles. The molecule has 0 saturated carbocycles. The molecule has 21 heavy (non-hydrogen) atoms. The molecule has 1 heterocycles. The van der Waals surface area contributed by atoms with Gasteiger partial charge < -0.3 is 15.0 Å². The highest BCUT2D eigenvalue weighted by atomic mass is 79.9. The largest absolute Gasteiger partial charge is 0.444 e. The van der Waals surface area contributed by atoms with Crippen molar-refractivity contribution in [3.05, 3.63) is 32.3 Å². The Hall–Kier alpha value is -0.910. The first kappa shape index (κ1) is 16.5. The van der Waals surface area contributed by atoms with E-state index in [-0.39, 0.29) is 0 Å². The van der Waals surface area contributed by atoms with E-state index in [0.29, 0.717) is 16.6 Å². The summed E-state index contributed by atoms with van der Waals surface area (Å²) in [6.07, 6.45) is -0.468. The van der Waals surface area contributed by atoms with Crippen LogP contribution in [-0.4, -0.2) is 16.7 Å². The molecule has 0 aliphatic carbocycles. The fourth-order valence-electron chi connectivity index (χ4n) is 1.82. The van der Waals surface area contributed by atoms with E-state index in [2.05, 4.69) is 26.2 Å². The summed E-state index contributed by atoms with van der Waals surface area (Å²) in [6, 6.07) is 3.64. The summed E-state index contributed by atoms with van der Waals surface area (Å²) in [5.41, 5.74) is 1.02. The summed E-state index contributed by atoms with van der Waals surface area (Å²) in [5, 5.41) is 4.51. The summed E-state index contributed by atoms with van der Waals surface area (Å²) >= 11 is 15.6. The maximum absolute atomic E-state index is 11.6. The van der Waals surface area contributed by atoms with Gasteiger partial charge in [-0.1, -0.05) is 39.1 Å². The molecule has 1 amide bonds. The van der Waals surface area contributed by atoms with Gasteiger partial charge in [-0.2, -0.15) is 0 Å². The third-order valence-electron chi connectivity index (χ3n) is 2.64. The minimum atomic E-state index is -0.523. The second-order valence-corrected chi connectivity index (χ2v) is 7.23. The molecule has 114 valence electrons. The van der Waals surface area contributed by atoms with Crippen molar-refractivity contribution in [2.75, 3.05) is 0 Å². The van der Waals surface area contributed by atoms with Crippen LogP contribution >= 0.6 is 39.1 Å². The number of ether oxygens (including phenoxy) is 1. The number of carbonyl (C=O) groups is 1. The van der Waals surface area contributed by atoms with Gasteiger partial charge in [0, 0.05) is 15.6 Å². The van der Waals surface area contributed by atoms with E-state index >= 15 is 0 Å². The Bertz CT molecular complexity index is 692. The SMILES string of the molecule is CC(C)(C)OC(=O)NCc1cc2c(Br)cc(Cl)c(Cl)c2[nH]1. The number of amides is 1. The monoisotopic (exact) mass is 392 g/mol. The van der Waals surface area contributed by atoms with Gasteiger partial charge in [-0.3, -0.25) is 0 Å². The van der Waals surface area contributed by atoms with Crippen molar-refractivity contribution in [1.29, 1.82) is 0 Å². The lowest BCUT2D eigenvalue weighted by Gasteiger charge is -2.19. The summed E-state index contributed by atoms with van der Waals surface area (Å²) in [5.74, 6) is 0. The number of H-pyrrole nitrogens is 1. The summed E-state index contributed by atoms with van der Waals surface area (Å²) in [7, 11) is 0. The Morgan fingerprint density at radius 3 is 2.67 bits per heavy atom. The van der Waals surface area contributed by atoms with E-state index in [9.17, 15) is 4.79 Å². The smallest absolute Gasteiger partial charge is 0.407 e. The van der Waals surface area contributed by atoms with E-state index in [1.165, 1.54) is 0 Å². The highest BCUT2D eigenvalue weighted by molar-refractivity contribution is 9.10. The first-order chi connectivity index (χ1) is 9.67. The van der Waals surface area contributed by atoms with Crippen LogP contribution in [0.2, 0.25) is 10.0 Å². The minimum Gasteiger partial charge on any atom is -0.444 e. The van der Waals surface area contributed by atoms with E-state index in [1.807, 2.05) is 26.8 Å². The molecule has 0 aliphatic heterocycles. The molecule has 0 aliphatic rings. The Morgan fingerprint density at radius 2 is 2.05 bits per heavy atom. The Morgan fingerprint density at radius 1 is 1.38 bits per heavy atom. The number of hydrogen-bond acceptors (Lipinski definition) is 2. The maximum Gasteiger partial charge on any atom is 0.407 e. The van der Waals surface area contributed by atoms with Crippen LogP contribution in [0.1, 0.15) is 26.5 Å². The summed E-state index contributed by atoms with van der Waals surface area (Å²) < 4.78 is 6.02. The van der Waals surface area contributed by atoms with Crippen molar-refractivity contribution in [3.8, 4) is 0 Å². The molecule has 2 N–H and O–H groups in total. The molecule has 0 spiro atoms. The topological polar surface area (TPSA) is 54.1 Å². The van der Waals surface area contributed by atoms with E-state index in [4.69, 9.17) is 27.9 Å². The fraction of sp³-hybridized carbons (Fsp3) is 0.357. The highest BCUT2D eigenvalue weighted by Gasteiger charge is 2.16. The fourth-order valence-corrected chi connectivity index (χ4v) is 2.90. The average Bonchev–Trinajstić information content (AvgIpc) is 2.76. The molecule has 0 fully saturated rings. The van der Waals surface area contributed by atoms with Gasteiger partial charge in [0.1, 0.15) is 5.60 Å². The molecular formula is C14H15BrCl2N2O2. The third-order valence-corrected chi connectivity index (χ3v) is 4.08. The van der Waals surface area contributed by atoms with Gasteiger partial charge in [0.15, 0.2) is 0 Å². The van der Waals surface area contributed by atoms with Crippen LogP contribution in [0.25, 0.3) is 10.9 Å². The molecular weight excluding hydrogens is 379 g/mol. The molecule has 0 atom stereocenters. The number of hydrogen-bond donors (Lipinski definition) is 2. The van der Waals surface area contributed by atoms with Crippen LogP contribution in [0, 0.1) is 0 Å². The van der Waals surface area contributed by atoms with E-state index < -0.39 is 11.7 Å². The summed E-state index contributed by atoms with van der Waals surface area (Å²) in [4.78, 5) is 14.8. The standard InChI is InChI=1S/C14H15BrCl2N2O2/c1-14(2,3)21-13(20)18-6-7-4-8-9(15)5-10(16)11(17)12(8)19-7/h4-5,19H,6H2,1-3H3,(H,18,20). The predicted octanol–water partition coefficient (Wildman–Crippen LogP) is 5.26. The zero-order valence-electron chi connectivity index (χ0n) is 11.8. The minimum absolute atomic E-state index is 0.310. The number of halogens is 3. The van der Waals surface area contributed by atoms with Crippen LogP contribution in [0.15, 0.2) is 16.6 Å². The molecule has 1 aromatic heterocycles.